The molecule has 1 aromatic carbocycles. The molecule has 0 radical (unpaired) electrons. The maximum Gasteiger partial charge on any atom is 0.224 e. The quantitative estimate of drug-likeness (QED) is 0.518. The van der Waals surface area contributed by atoms with Gasteiger partial charge in [-0.1, -0.05) is 19.8 Å². The lowest BCUT2D eigenvalue weighted by Crippen LogP contribution is -2.13. The molecule has 0 atom stereocenters. The van der Waals surface area contributed by atoms with Crippen LogP contribution in [0.15, 0.2) is 48.8 Å². The summed E-state index contributed by atoms with van der Waals surface area (Å²) < 4.78 is 5.63. The van der Waals surface area contributed by atoms with Gasteiger partial charge in [0.1, 0.15) is 5.75 Å². The summed E-state index contributed by atoms with van der Waals surface area (Å²) in [6.45, 7) is 2.84. The lowest BCUT2D eigenvalue weighted by molar-refractivity contribution is -0.116. The van der Waals surface area contributed by atoms with E-state index in [9.17, 15) is 9.59 Å². The van der Waals surface area contributed by atoms with Crippen molar-refractivity contribution in [3.63, 3.8) is 0 Å². The Hall–Kier alpha value is -2.69. The van der Waals surface area contributed by atoms with E-state index >= 15 is 0 Å². The number of ether oxygens (including phenoxy) is 1. The first-order valence-corrected chi connectivity index (χ1v) is 8.65. The number of unbranched alkanes of at least 4 members (excludes halogenated alkanes) is 2. The second-order valence-corrected chi connectivity index (χ2v) is 5.79. The van der Waals surface area contributed by atoms with Crippen LogP contribution >= 0.6 is 0 Å². The number of carbonyl (C=O) groups excluding carboxylic acids is 2. The largest absolute Gasteiger partial charge is 0.494 e. The number of ketones is 1. The van der Waals surface area contributed by atoms with Gasteiger partial charge in [-0.05, 0) is 42.8 Å². The second kappa shape index (κ2) is 10.2. The average molecular weight is 340 g/mol. The number of aromatic nitrogens is 1. The van der Waals surface area contributed by atoms with Crippen molar-refractivity contribution >= 4 is 17.4 Å². The molecule has 2 rings (SSSR count). The third kappa shape index (κ3) is 6.75. The third-order valence-electron chi connectivity index (χ3n) is 3.74. The molecule has 0 spiro atoms. The van der Waals surface area contributed by atoms with Gasteiger partial charge in [0.15, 0.2) is 5.78 Å². The Morgan fingerprint density at radius 2 is 1.72 bits per heavy atom. The highest BCUT2D eigenvalue weighted by atomic mass is 16.5. The minimum absolute atomic E-state index is 0.0533. The Labute approximate surface area is 148 Å². The number of anilines is 1. The molecule has 0 bridgehead atoms. The zero-order chi connectivity index (χ0) is 17.9. The molecule has 0 fully saturated rings. The molecular formula is C20H24N2O3. The van der Waals surface area contributed by atoms with Gasteiger partial charge >= 0.3 is 0 Å². The van der Waals surface area contributed by atoms with E-state index in [1.165, 1.54) is 0 Å². The molecule has 25 heavy (non-hydrogen) atoms. The van der Waals surface area contributed by atoms with E-state index in [1.54, 1.807) is 48.8 Å². The molecule has 132 valence electrons. The molecule has 1 N–H and O–H groups in total. The van der Waals surface area contributed by atoms with Crippen LogP contribution in [-0.2, 0) is 4.79 Å². The van der Waals surface area contributed by atoms with Crippen molar-refractivity contribution in [1.82, 2.24) is 4.98 Å². The van der Waals surface area contributed by atoms with Gasteiger partial charge in [-0.25, -0.2) is 0 Å². The van der Waals surface area contributed by atoms with Crippen LogP contribution in [0, 0.1) is 0 Å². The van der Waals surface area contributed by atoms with Crippen LogP contribution in [0.3, 0.4) is 0 Å². The van der Waals surface area contributed by atoms with Gasteiger partial charge in [0.05, 0.1) is 6.61 Å². The molecular weight excluding hydrogens is 316 g/mol. The number of pyridine rings is 1. The standard InChI is InChI=1S/C20H24N2O3/c1-2-3-4-15-25-18-7-5-16(6-8-18)19(23)9-10-20(24)22-17-11-13-21-14-12-17/h5-8,11-14H,2-4,9-10,15H2,1H3,(H,21,22,24). The fourth-order valence-electron chi connectivity index (χ4n) is 2.31. The second-order valence-electron chi connectivity index (χ2n) is 5.79. The lowest BCUT2D eigenvalue weighted by atomic mass is 10.1. The van der Waals surface area contributed by atoms with Gasteiger partial charge < -0.3 is 10.1 Å². The van der Waals surface area contributed by atoms with Crippen molar-refractivity contribution in [2.75, 3.05) is 11.9 Å². The fourth-order valence-corrected chi connectivity index (χ4v) is 2.31. The molecule has 0 unspecified atom stereocenters. The van der Waals surface area contributed by atoms with Crippen LogP contribution in [0.2, 0.25) is 0 Å². The van der Waals surface area contributed by atoms with E-state index in [0.29, 0.717) is 17.9 Å². The van der Waals surface area contributed by atoms with Crippen molar-refractivity contribution in [1.29, 1.82) is 0 Å². The molecule has 2 aromatic rings. The first kappa shape index (κ1) is 18.6. The molecule has 1 amide bonds. The number of rotatable bonds is 10. The summed E-state index contributed by atoms with van der Waals surface area (Å²) in [4.78, 5) is 27.9. The third-order valence-corrected chi connectivity index (χ3v) is 3.74. The highest BCUT2D eigenvalue weighted by molar-refractivity contribution is 6.00. The van der Waals surface area contributed by atoms with Crippen LogP contribution in [-0.4, -0.2) is 23.3 Å². The first-order chi connectivity index (χ1) is 12.2. The van der Waals surface area contributed by atoms with E-state index in [1.807, 2.05) is 0 Å². The lowest BCUT2D eigenvalue weighted by Gasteiger charge is -2.07. The van der Waals surface area contributed by atoms with Gasteiger partial charge in [-0.15, -0.1) is 0 Å². The van der Waals surface area contributed by atoms with Crippen LogP contribution in [0.1, 0.15) is 49.4 Å². The Morgan fingerprint density at radius 3 is 2.40 bits per heavy atom. The van der Waals surface area contributed by atoms with Gasteiger partial charge in [0, 0.05) is 36.5 Å². The number of nitrogens with one attached hydrogen (secondary N) is 1. The number of hydrogen-bond acceptors (Lipinski definition) is 4. The summed E-state index contributed by atoms with van der Waals surface area (Å²) in [6, 6.07) is 10.5. The monoisotopic (exact) mass is 340 g/mol. The zero-order valence-corrected chi connectivity index (χ0v) is 14.5. The molecule has 5 nitrogen and oxygen atoms in total. The predicted molar refractivity (Wildman–Crippen MR) is 97.9 cm³/mol. The summed E-state index contributed by atoms with van der Waals surface area (Å²) in [5.74, 6) is 0.529. The van der Waals surface area contributed by atoms with Crippen molar-refractivity contribution < 1.29 is 14.3 Å². The number of Topliss-reactive ketones (excluding diaryl/α,β-unsaturated/α-hetero) is 1. The van der Waals surface area contributed by atoms with Gasteiger partial charge in [-0.3, -0.25) is 14.6 Å². The minimum Gasteiger partial charge on any atom is -0.494 e. The van der Waals surface area contributed by atoms with Gasteiger partial charge in [-0.2, -0.15) is 0 Å². The van der Waals surface area contributed by atoms with E-state index in [4.69, 9.17) is 4.74 Å². The van der Waals surface area contributed by atoms with Gasteiger partial charge in [0.25, 0.3) is 0 Å². The number of carbonyl (C=O) groups is 2. The minimum atomic E-state index is -0.185. The number of benzene rings is 1. The summed E-state index contributed by atoms with van der Waals surface area (Å²) in [5.41, 5.74) is 1.27. The number of hydrogen-bond donors (Lipinski definition) is 1. The van der Waals surface area contributed by atoms with Crippen molar-refractivity contribution in [2.24, 2.45) is 0 Å². The molecule has 0 aliphatic heterocycles. The Balaban J connectivity index is 1.75. The van der Waals surface area contributed by atoms with E-state index in [2.05, 4.69) is 17.2 Å². The molecule has 0 aliphatic rings. The Kier molecular flexibility index (Phi) is 7.63. The maximum absolute atomic E-state index is 12.2. The highest BCUT2D eigenvalue weighted by Crippen LogP contribution is 2.15. The predicted octanol–water partition coefficient (Wildman–Crippen LogP) is 4.25. The van der Waals surface area contributed by atoms with Crippen LogP contribution < -0.4 is 10.1 Å². The number of nitrogens with zero attached hydrogens (tertiary/aromatic N) is 1. The van der Waals surface area contributed by atoms with E-state index in [0.717, 1.165) is 25.0 Å². The Morgan fingerprint density at radius 1 is 1.00 bits per heavy atom. The maximum atomic E-state index is 12.2. The molecule has 0 saturated carbocycles. The normalized spacial score (nSPS) is 10.3. The smallest absolute Gasteiger partial charge is 0.224 e. The molecule has 0 saturated heterocycles. The van der Waals surface area contributed by atoms with E-state index < -0.39 is 0 Å². The molecule has 0 aliphatic carbocycles. The van der Waals surface area contributed by atoms with Crippen LogP contribution in [0.4, 0.5) is 5.69 Å². The molecule has 1 aromatic heterocycles. The van der Waals surface area contributed by atoms with E-state index in [-0.39, 0.29) is 24.5 Å². The first-order valence-electron chi connectivity index (χ1n) is 8.65. The van der Waals surface area contributed by atoms with Crippen LogP contribution in [0.25, 0.3) is 0 Å². The highest BCUT2D eigenvalue weighted by Gasteiger charge is 2.10. The fraction of sp³-hybridized carbons (Fsp3) is 0.350. The molecule has 5 heteroatoms. The average Bonchev–Trinajstić information content (AvgIpc) is 2.64. The van der Waals surface area contributed by atoms with Crippen molar-refractivity contribution in [3.05, 3.63) is 54.4 Å². The summed E-state index contributed by atoms with van der Waals surface area (Å²) in [5, 5.41) is 2.74. The summed E-state index contributed by atoms with van der Waals surface area (Å²) in [7, 11) is 0. The van der Waals surface area contributed by atoms with Crippen molar-refractivity contribution in [2.45, 2.75) is 39.0 Å². The SMILES string of the molecule is CCCCCOc1ccc(C(=O)CCC(=O)Nc2ccncc2)cc1. The van der Waals surface area contributed by atoms with Gasteiger partial charge in [0.2, 0.25) is 5.91 Å². The Bertz CT molecular complexity index is 669. The number of amides is 1. The van der Waals surface area contributed by atoms with Crippen molar-refractivity contribution in [3.8, 4) is 5.75 Å². The zero-order valence-electron chi connectivity index (χ0n) is 14.5. The summed E-state index contributed by atoms with van der Waals surface area (Å²) >= 11 is 0. The van der Waals surface area contributed by atoms with Crippen LogP contribution in [0.5, 0.6) is 5.75 Å². The topological polar surface area (TPSA) is 68.3 Å². The summed E-state index contributed by atoms with van der Waals surface area (Å²) in [6.07, 6.45) is 6.87. The molecule has 1 heterocycles.